The Labute approximate surface area is 95.4 Å². The molecule has 0 aliphatic heterocycles. The van der Waals surface area contributed by atoms with E-state index in [1.807, 2.05) is 0 Å². The predicted molar refractivity (Wildman–Crippen MR) is 57.1 cm³/mol. The van der Waals surface area contributed by atoms with Crippen LogP contribution in [-0.2, 0) is 18.3 Å². The largest absolute Gasteiger partial charge is 0.445 e. The number of halogens is 1. The van der Waals surface area contributed by atoms with E-state index in [-0.39, 0.29) is 13.2 Å². The van der Waals surface area contributed by atoms with E-state index in [0.717, 1.165) is 0 Å². The van der Waals surface area contributed by atoms with Gasteiger partial charge in [-0.2, -0.15) is 9.90 Å². The summed E-state index contributed by atoms with van der Waals surface area (Å²) in [5.74, 6) is 0. The van der Waals surface area contributed by atoms with Crippen LogP contribution in [0.2, 0.25) is 0 Å². The lowest BCUT2D eigenvalue weighted by atomic mass is 10.5. The standard InChI is InChI=1S/C8H11BrN4O2/c1-3-4-15-8(14)10-5-6-7(9)12-13(2)11-6/h3H,1,4-5H2,2H3,(H,10,14). The van der Waals surface area contributed by atoms with Crippen molar-refractivity contribution in [3.8, 4) is 0 Å². The summed E-state index contributed by atoms with van der Waals surface area (Å²) in [6.45, 7) is 3.89. The minimum atomic E-state index is -0.507. The summed E-state index contributed by atoms with van der Waals surface area (Å²) in [5, 5.41) is 10.5. The zero-order chi connectivity index (χ0) is 11.3. The van der Waals surface area contributed by atoms with Crippen molar-refractivity contribution >= 4 is 22.0 Å². The fourth-order valence-electron chi connectivity index (χ4n) is 0.873. The Morgan fingerprint density at radius 1 is 1.73 bits per heavy atom. The van der Waals surface area contributed by atoms with Crippen LogP contribution in [0.4, 0.5) is 4.79 Å². The average Bonchev–Trinajstić information content (AvgIpc) is 2.51. The fourth-order valence-corrected chi connectivity index (χ4v) is 1.32. The quantitative estimate of drug-likeness (QED) is 0.832. The second-order valence-electron chi connectivity index (χ2n) is 2.67. The zero-order valence-corrected chi connectivity index (χ0v) is 9.82. The van der Waals surface area contributed by atoms with Gasteiger partial charge in [0.05, 0.1) is 6.54 Å². The number of hydrogen-bond acceptors (Lipinski definition) is 4. The maximum absolute atomic E-state index is 11.0. The Kier molecular flexibility index (Phi) is 4.29. The fraction of sp³-hybridized carbons (Fsp3) is 0.375. The van der Waals surface area contributed by atoms with Gasteiger partial charge in [0.1, 0.15) is 12.3 Å². The zero-order valence-electron chi connectivity index (χ0n) is 8.23. The molecule has 1 aromatic rings. The normalized spacial score (nSPS) is 9.73. The van der Waals surface area contributed by atoms with Crippen molar-refractivity contribution in [2.24, 2.45) is 7.05 Å². The van der Waals surface area contributed by atoms with Crippen molar-refractivity contribution in [1.82, 2.24) is 20.3 Å². The van der Waals surface area contributed by atoms with E-state index in [2.05, 4.69) is 38.0 Å². The van der Waals surface area contributed by atoms with Gasteiger partial charge in [-0.05, 0) is 15.9 Å². The highest BCUT2D eigenvalue weighted by atomic mass is 79.9. The molecule has 82 valence electrons. The summed E-state index contributed by atoms with van der Waals surface area (Å²) in [6.07, 6.45) is 0.991. The van der Waals surface area contributed by atoms with Crippen LogP contribution in [0.5, 0.6) is 0 Å². The van der Waals surface area contributed by atoms with Gasteiger partial charge < -0.3 is 10.1 Å². The van der Waals surface area contributed by atoms with E-state index >= 15 is 0 Å². The Morgan fingerprint density at radius 3 is 3.00 bits per heavy atom. The van der Waals surface area contributed by atoms with Gasteiger partial charge in [0.2, 0.25) is 0 Å². The lowest BCUT2D eigenvalue weighted by molar-refractivity contribution is 0.157. The highest BCUT2D eigenvalue weighted by Gasteiger charge is 2.08. The van der Waals surface area contributed by atoms with Crippen molar-refractivity contribution < 1.29 is 9.53 Å². The third-order valence-electron chi connectivity index (χ3n) is 1.47. The van der Waals surface area contributed by atoms with Crippen LogP contribution in [0.1, 0.15) is 5.69 Å². The summed E-state index contributed by atoms with van der Waals surface area (Å²) in [6, 6.07) is 0. The van der Waals surface area contributed by atoms with E-state index in [9.17, 15) is 4.79 Å². The molecule has 0 saturated carbocycles. The maximum atomic E-state index is 11.0. The molecule has 0 saturated heterocycles. The number of carbonyl (C=O) groups excluding carboxylic acids is 1. The van der Waals surface area contributed by atoms with Gasteiger partial charge in [0.15, 0.2) is 4.60 Å². The molecule has 6 nitrogen and oxygen atoms in total. The molecule has 1 aromatic heterocycles. The molecule has 1 amide bonds. The second kappa shape index (κ2) is 5.50. The second-order valence-corrected chi connectivity index (χ2v) is 3.42. The molecule has 1 rings (SSSR count). The summed E-state index contributed by atoms with van der Waals surface area (Å²) < 4.78 is 5.33. The SMILES string of the molecule is C=CCOC(=O)NCc1nn(C)nc1Br. The number of aryl methyl sites for hydroxylation is 1. The van der Waals surface area contributed by atoms with Crippen molar-refractivity contribution in [3.63, 3.8) is 0 Å². The van der Waals surface area contributed by atoms with Crippen LogP contribution in [0, 0.1) is 0 Å². The van der Waals surface area contributed by atoms with Crippen LogP contribution in [-0.4, -0.2) is 27.7 Å². The molecule has 0 atom stereocenters. The maximum Gasteiger partial charge on any atom is 0.407 e. The highest BCUT2D eigenvalue weighted by molar-refractivity contribution is 9.10. The molecule has 0 spiro atoms. The molecule has 15 heavy (non-hydrogen) atoms. The van der Waals surface area contributed by atoms with Crippen LogP contribution in [0.25, 0.3) is 0 Å². The summed E-state index contributed by atoms with van der Waals surface area (Å²) in [4.78, 5) is 12.5. The molecule has 0 aromatic carbocycles. The monoisotopic (exact) mass is 274 g/mol. The number of alkyl carbamates (subject to hydrolysis) is 1. The molecule has 0 radical (unpaired) electrons. The lowest BCUT2D eigenvalue weighted by Gasteiger charge is -2.02. The predicted octanol–water partition coefficient (Wildman–Crippen LogP) is 0.990. The highest BCUT2D eigenvalue weighted by Crippen LogP contribution is 2.09. The van der Waals surface area contributed by atoms with Gasteiger partial charge in [-0.3, -0.25) is 0 Å². The van der Waals surface area contributed by atoms with E-state index in [0.29, 0.717) is 10.3 Å². The smallest absolute Gasteiger partial charge is 0.407 e. The number of carbonyl (C=O) groups is 1. The Morgan fingerprint density at radius 2 is 2.47 bits per heavy atom. The van der Waals surface area contributed by atoms with Crippen molar-refractivity contribution in [2.75, 3.05) is 6.61 Å². The molecule has 0 aliphatic carbocycles. The molecular formula is C8H11BrN4O2. The van der Waals surface area contributed by atoms with Gasteiger partial charge in [0.25, 0.3) is 0 Å². The first kappa shape index (κ1) is 11.7. The molecule has 0 aliphatic rings. The van der Waals surface area contributed by atoms with E-state index < -0.39 is 6.09 Å². The number of rotatable bonds is 4. The number of aromatic nitrogens is 3. The van der Waals surface area contributed by atoms with Crippen molar-refractivity contribution in [2.45, 2.75) is 6.54 Å². The topological polar surface area (TPSA) is 69.0 Å². The van der Waals surface area contributed by atoms with Gasteiger partial charge in [-0.1, -0.05) is 12.7 Å². The number of hydrogen-bond donors (Lipinski definition) is 1. The first-order valence-corrected chi connectivity index (χ1v) is 5.00. The van der Waals surface area contributed by atoms with Gasteiger partial charge >= 0.3 is 6.09 Å². The summed E-state index contributed by atoms with van der Waals surface area (Å²) in [5.41, 5.74) is 0.646. The molecule has 0 unspecified atom stereocenters. The number of nitrogens with one attached hydrogen (secondary N) is 1. The van der Waals surface area contributed by atoms with Crippen molar-refractivity contribution in [1.29, 1.82) is 0 Å². The molecule has 0 fully saturated rings. The molecule has 1 N–H and O–H groups in total. The van der Waals surface area contributed by atoms with E-state index in [1.54, 1.807) is 7.05 Å². The molecule has 0 bridgehead atoms. The molecule has 7 heteroatoms. The van der Waals surface area contributed by atoms with Crippen LogP contribution >= 0.6 is 15.9 Å². The first-order chi connectivity index (χ1) is 7.13. The first-order valence-electron chi connectivity index (χ1n) is 4.20. The van der Waals surface area contributed by atoms with Crippen molar-refractivity contribution in [3.05, 3.63) is 23.0 Å². The third-order valence-corrected chi connectivity index (χ3v) is 2.08. The van der Waals surface area contributed by atoms with Gasteiger partial charge in [-0.25, -0.2) is 4.79 Å². The van der Waals surface area contributed by atoms with Gasteiger partial charge in [-0.15, -0.1) is 5.10 Å². The molecule has 1 heterocycles. The number of nitrogens with zero attached hydrogens (tertiary/aromatic N) is 3. The van der Waals surface area contributed by atoms with Crippen LogP contribution in [0.3, 0.4) is 0 Å². The Bertz CT molecular complexity index is 364. The van der Waals surface area contributed by atoms with E-state index in [4.69, 9.17) is 4.74 Å². The van der Waals surface area contributed by atoms with Crippen LogP contribution < -0.4 is 5.32 Å². The molecular weight excluding hydrogens is 264 g/mol. The summed E-state index contributed by atoms with van der Waals surface area (Å²) >= 11 is 3.22. The van der Waals surface area contributed by atoms with Gasteiger partial charge in [0, 0.05) is 7.05 Å². The Hall–Kier alpha value is -1.37. The number of ether oxygens (including phenoxy) is 1. The minimum absolute atomic E-state index is 0.188. The Balaban J connectivity index is 2.39. The lowest BCUT2D eigenvalue weighted by Crippen LogP contribution is -2.24. The van der Waals surface area contributed by atoms with Crippen LogP contribution in [0.15, 0.2) is 17.3 Å². The third kappa shape index (κ3) is 3.70. The summed E-state index contributed by atoms with van der Waals surface area (Å²) in [7, 11) is 1.70. The van der Waals surface area contributed by atoms with E-state index in [1.165, 1.54) is 10.9 Å². The average molecular weight is 275 g/mol. The minimum Gasteiger partial charge on any atom is -0.445 e. The number of amides is 1.